The summed E-state index contributed by atoms with van der Waals surface area (Å²) in [5, 5.41) is 4.88. The maximum atomic E-state index is 11.9. The number of hydrogen-bond donors (Lipinski definition) is 1. The number of carbonyl (C=O) groups is 1. The maximum Gasteiger partial charge on any atom is 0.338 e. The first-order valence-corrected chi connectivity index (χ1v) is 8.98. The number of benzene rings is 2. The molecule has 1 N–H and O–H groups in total. The number of para-hydroxylation sites is 1. The Balaban J connectivity index is 1.51. The summed E-state index contributed by atoms with van der Waals surface area (Å²) in [6.07, 6.45) is 1.57. The monoisotopic (exact) mass is 377 g/mol. The molecule has 0 amide bonds. The summed E-state index contributed by atoms with van der Waals surface area (Å²) >= 11 is 1.52. The SMILES string of the molecule is COC(=O)c1ccccc1-c1ccc(C=NNc2nc3ccccc3s2)o1. The first-order valence-electron chi connectivity index (χ1n) is 8.17. The number of rotatable bonds is 5. The molecule has 6 nitrogen and oxygen atoms in total. The molecule has 2 heterocycles. The highest BCUT2D eigenvalue weighted by molar-refractivity contribution is 7.22. The molecule has 0 aliphatic carbocycles. The van der Waals surface area contributed by atoms with E-state index in [2.05, 4.69) is 15.5 Å². The van der Waals surface area contributed by atoms with Crippen LogP contribution >= 0.6 is 11.3 Å². The number of thiazole rings is 1. The van der Waals surface area contributed by atoms with Crippen LogP contribution in [0.3, 0.4) is 0 Å². The van der Waals surface area contributed by atoms with Crippen LogP contribution < -0.4 is 5.43 Å². The van der Waals surface area contributed by atoms with Gasteiger partial charge in [-0.2, -0.15) is 5.10 Å². The normalized spacial score (nSPS) is 11.1. The Hall–Kier alpha value is -3.45. The van der Waals surface area contributed by atoms with Crippen molar-refractivity contribution in [3.8, 4) is 11.3 Å². The van der Waals surface area contributed by atoms with Crippen molar-refractivity contribution in [1.82, 2.24) is 4.98 Å². The third kappa shape index (κ3) is 3.58. The molecule has 0 bridgehead atoms. The van der Waals surface area contributed by atoms with Crippen molar-refractivity contribution >= 4 is 38.9 Å². The fourth-order valence-electron chi connectivity index (χ4n) is 2.62. The van der Waals surface area contributed by atoms with Crippen molar-refractivity contribution in [1.29, 1.82) is 0 Å². The number of nitrogens with zero attached hydrogens (tertiary/aromatic N) is 2. The van der Waals surface area contributed by atoms with Crippen LogP contribution in [0.15, 0.2) is 70.2 Å². The molecule has 0 aliphatic heterocycles. The fourth-order valence-corrected chi connectivity index (χ4v) is 3.44. The number of methoxy groups -OCH3 is 1. The second-order valence-electron chi connectivity index (χ2n) is 5.60. The Morgan fingerprint density at radius 3 is 2.81 bits per heavy atom. The van der Waals surface area contributed by atoms with Gasteiger partial charge in [0.25, 0.3) is 0 Å². The molecule has 0 fully saturated rings. The van der Waals surface area contributed by atoms with Gasteiger partial charge in [0.05, 0.1) is 29.1 Å². The molecule has 0 radical (unpaired) electrons. The van der Waals surface area contributed by atoms with Gasteiger partial charge in [0.1, 0.15) is 11.5 Å². The van der Waals surface area contributed by atoms with Gasteiger partial charge in [-0.1, -0.05) is 41.7 Å². The molecule has 4 aromatic rings. The van der Waals surface area contributed by atoms with Gasteiger partial charge in [-0.25, -0.2) is 9.78 Å². The van der Waals surface area contributed by atoms with E-state index >= 15 is 0 Å². The number of aromatic nitrogens is 1. The largest absolute Gasteiger partial charge is 0.465 e. The quantitative estimate of drug-likeness (QED) is 0.307. The van der Waals surface area contributed by atoms with Gasteiger partial charge in [0.2, 0.25) is 5.13 Å². The van der Waals surface area contributed by atoms with E-state index in [9.17, 15) is 4.79 Å². The molecule has 7 heteroatoms. The lowest BCUT2D eigenvalue weighted by Crippen LogP contribution is -2.02. The number of carbonyl (C=O) groups excluding carboxylic acids is 1. The number of hydrogen-bond acceptors (Lipinski definition) is 7. The van der Waals surface area contributed by atoms with Gasteiger partial charge < -0.3 is 9.15 Å². The summed E-state index contributed by atoms with van der Waals surface area (Å²) in [5.41, 5.74) is 4.96. The predicted molar refractivity (Wildman–Crippen MR) is 106 cm³/mol. The molecule has 0 aliphatic rings. The van der Waals surface area contributed by atoms with E-state index in [1.165, 1.54) is 18.4 Å². The maximum absolute atomic E-state index is 11.9. The van der Waals surface area contributed by atoms with Gasteiger partial charge in [0.15, 0.2) is 0 Å². The molecule has 0 saturated carbocycles. The molecular weight excluding hydrogens is 362 g/mol. The number of esters is 1. The highest BCUT2D eigenvalue weighted by Gasteiger charge is 2.15. The van der Waals surface area contributed by atoms with Crippen LogP contribution in [0.4, 0.5) is 5.13 Å². The summed E-state index contributed by atoms with van der Waals surface area (Å²) in [6, 6.07) is 18.6. The van der Waals surface area contributed by atoms with Crippen molar-refractivity contribution in [2.75, 3.05) is 12.5 Å². The summed E-state index contributed by atoms with van der Waals surface area (Å²) < 4.78 is 11.7. The van der Waals surface area contributed by atoms with Crippen LogP contribution in [0.2, 0.25) is 0 Å². The van der Waals surface area contributed by atoms with Crippen LogP contribution in [0.5, 0.6) is 0 Å². The Bertz CT molecular complexity index is 1100. The topological polar surface area (TPSA) is 76.7 Å². The van der Waals surface area contributed by atoms with Crippen molar-refractivity contribution < 1.29 is 13.9 Å². The lowest BCUT2D eigenvalue weighted by molar-refractivity contribution is 0.0601. The molecule has 0 saturated heterocycles. The van der Waals surface area contributed by atoms with E-state index in [1.807, 2.05) is 36.4 Å². The Morgan fingerprint density at radius 2 is 1.96 bits per heavy atom. The van der Waals surface area contributed by atoms with Gasteiger partial charge >= 0.3 is 5.97 Å². The summed E-state index contributed by atoms with van der Waals surface area (Å²) in [6.45, 7) is 0. The minimum absolute atomic E-state index is 0.408. The van der Waals surface area contributed by atoms with E-state index in [0.29, 0.717) is 27.8 Å². The summed E-state index contributed by atoms with van der Waals surface area (Å²) in [5.74, 6) is 0.713. The number of hydrazone groups is 1. The highest BCUT2D eigenvalue weighted by atomic mass is 32.1. The van der Waals surface area contributed by atoms with Gasteiger partial charge in [0, 0.05) is 5.56 Å². The molecule has 4 rings (SSSR count). The lowest BCUT2D eigenvalue weighted by atomic mass is 10.1. The second-order valence-corrected chi connectivity index (χ2v) is 6.63. The summed E-state index contributed by atoms with van der Waals surface area (Å²) in [4.78, 5) is 16.4. The summed E-state index contributed by atoms with van der Waals surface area (Å²) in [7, 11) is 1.35. The number of nitrogens with one attached hydrogen (secondary N) is 1. The van der Waals surface area contributed by atoms with E-state index in [4.69, 9.17) is 9.15 Å². The zero-order valence-electron chi connectivity index (χ0n) is 14.4. The smallest absolute Gasteiger partial charge is 0.338 e. The van der Waals surface area contributed by atoms with E-state index in [0.717, 1.165) is 10.2 Å². The second kappa shape index (κ2) is 7.43. The Morgan fingerprint density at radius 1 is 1.15 bits per heavy atom. The number of furan rings is 1. The van der Waals surface area contributed by atoms with Crippen LogP contribution in [0.25, 0.3) is 21.5 Å². The minimum Gasteiger partial charge on any atom is -0.465 e. The lowest BCUT2D eigenvalue weighted by Gasteiger charge is -2.04. The van der Waals surface area contributed by atoms with Gasteiger partial charge in [-0.15, -0.1) is 0 Å². The fraction of sp³-hybridized carbons (Fsp3) is 0.0500. The van der Waals surface area contributed by atoms with Crippen LogP contribution in [0, 0.1) is 0 Å². The Labute approximate surface area is 159 Å². The average molecular weight is 377 g/mol. The van der Waals surface area contributed by atoms with Gasteiger partial charge in [-0.05, 0) is 30.3 Å². The van der Waals surface area contributed by atoms with Crippen molar-refractivity contribution in [3.05, 3.63) is 72.0 Å². The minimum atomic E-state index is -0.408. The number of anilines is 1. The standard InChI is InChI=1S/C20H15N3O3S/c1-25-19(24)15-7-3-2-6-14(15)17-11-10-13(26-17)12-21-23-20-22-16-8-4-5-9-18(16)27-20/h2-12H,1H3,(H,22,23). The zero-order valence-corrected chi connectivity index (χ0v) is 15.2. The van der Waals surface area contributed by atoms with Crippen LogP contribution in [0.1, 0.15) is 16.1 Å². The van der Waals surface area contributed by atoms with E-state index in [-0.39, 0.29) is 0 Å². The first kappa shape index (κ1) is 17.0. The van der Waals surface area contributed by atoms with E-state index in [1.54, 1.807) is 30.5 Å². The molecule has 2 aromatic carbocycles. The average Bonchev–Trinajstić information content (AvgIpc) is 3.34. The van der Waals surface area contributed by atoms with Gasteiger partial charge in [-0.3, -0.25) is 5.43 Å². The van der Waals surface area contributed by atoms with Crippen molar-refractivity contribution in [3.63, 3.8) is 0 Å². The third-order valence-corrected chi connectivity index (χ3v) is 4.81. The number of fused-ring (bicyclic) bond motifs is 1. The molecular formula is C20H15N3O3S. The van der Waals surface area contributed by atoms with Crippen LogP contribution in [-0.4, -0.2) is 24.3 Å². The molecule has 134 valence electrons. The molecule has 0 atom stereocenters. The Kier molecular flexibility index (Phi) is 4.67. The molecule has 27 heavy (non-hydrogen) atoms. The predicted octanol–water partition coefficient (Wildman–Crippen LogP) is 4.79. The zero-order chi connectivity index (χ0) is 18.6. The van der Waals surface area contributed by atoms with Crippen molar-refractivity contribution in [2.24, 2.45) is 5.10 Å². The van der Waals surface area contributed by atoms with Crippen LogP contribution in [-0.2, 0) is 4.74 Å². The third-order valence-electron chi connectivity index (χ3n) is 3.87. The molecule has 2 aromatic heterocycles. The molecule has 0 spiro atoms. The number of ether oxygens (including phenoxy) is 1. The molecule has 0 unspecified atom stereocenters. The van der Waals surface area contributed by atoms with E-state index < -0.39 is 5.97 Å². The van der Waals surface area contributed by atoms with Crippen molar-refractivity contribution in [2.45, 2.75) is 0 Å². The highest BCUT2D eigenvalue weighted by Crippen LogP contribution is 2.27. The first-order chi connectivity index (χ1) is 13.2.